The molecular formula is C14H16FNO. The van der Waals surface area contributed by atoms with Crippen molar-refractivity contribution in [2.45, 2.75) is 27.3 Å². The van der Waals surface area contributed by atoms with Crippen molar-refractivity contribution in [3.63, 3.8) is 0 Å². The minimum Gasteiger partial charge on any atom is -0.338 e. The molecule has 0 radical (unpaired) electrons. The Hall–Kier alpha value is -1.64. The third-order valence-corrected chi connectivity index (χ3v) is 2.89. The van der Waals surface area contributed by atoms with Crippen LogP contribution >= 0.6 is 0 Å². The quantitative estimate of drug-likeness (QED) is 0.779. The van der Waals surface area contributed by atoms with Crippen molar-refractivity contribution >= 4 is 16.7 Å². The molecule has 0 atom stereocenters. The third-order valence-electron chi connectivity index (χ3n) is 2.89. The average Bonchev–Trinajstić information content (AvgIpc) is 2.61. The highest BCUT2D eigenvalue weighted by atomic mass is 19.1. The van der Waals surface area contributed by atoms with Crippen molar-refractivity contribution in [3.05, 3.63) is 36.3 Å². The van der Waals surface area contributed by atoms with Gasteiger partial charge in [0.15, 0.2) is 5.78 Å². The molecule has 0 bridgehead atoms. The highest BCUT2D eigenvalue weighted by Crippen LogP contribution is 2.21. The van der Waals surface area contributed by atoms with E-state index in [9.17, 15) is 9.18 Å². The molecular weight excluding hydrogens is 217 g/mol. The summed E-state index contributed by atoms with van der Waals surface area (Å²) < 4.78 is 15.4. The molecule has 2 rings (SSSR count). The number of fused-ring (bicyclic) bond motifs is 1. The number of halogens is 1. The summed E-state index contributed by atoms with van der Waals surface area (Å²) in [6, 6.07) is 6.76. The lowest BCUT2D eigenvalue weighted by molar-refractivity contribution is -0.126. The van der Waals surface area contributed by atoms with Crippen molar-refractivity contribution in [1.29, 1.82) is 0 Å². The number of Topliss-reactive ketones (excluding diaryl/α,β-unsaturated/α-hetero) is 1. The Balaban J connectivity index is 2.41. The van der Waals surface area contributed by atoms with Gasteiger partial charge in [-0.25, -0.2) is 4.39 Å². The zero-order valence-electron chi connectivity index (χ0n) is 10.3. The molecule has 0 aliphatic carbocycles. The first-order chi connectivity index (χ1) is 7.89. The summed E-state index contributed by atoms with van der Waals surface area (Å²) in [5.74, 6) is -0.188. The van der Waals surface area contributed by atoms with Crippen LogP contribution in [0.15, 0.2) is 30.5 Å². The summed E-state index contributed by atoms with van der Waals surface area (Å²) in [5, 5.41) is 0.826. The number of para-hydroxylation sites is 1. The lowest BCUT2D eigenvalue weighted by Gasteiger charge is -2.17. The topological polar surface area (TPSA) is 22.0 Å². The van der Waals surface area contributed by atoms with E-state index >= 15 is 0 Å². The van der Waals surface area contributed by atoms with Crippen LogP contribution in [0.5, 0.6) is 0 Å². The number of nitrogens with zero attached hydrogens (tertiary/aromatic N) is 1. The van der Waals surface area contributed by atoms with Gasteiger partial charge in [-0.1, -0.05) is 32.9 Å². The van der Waals surface area contributed by atoms with Crippen molar-refractivity contribution < 1.29 is 9.18 Å². The molecule has 0 amide bonds. The molecule has 1 heterocycles. The van der Waals surface area contributed by atoms with Gasteiger partial charge in [0, 0.05) is 17.0 Å². The summed E-state index contributed by atoms with van der Waals surface area (Å²) in [4.78, 5) is 11.9. The van der Waals surface area contributed by atoms with Gasteiger partial charge in [-0.3, -0.25) is 4.79 Å². The van der Waals surface area contributed by atoms with Gasteiger partial charge >= 0.3 is 0 Å². The van der Waals surface area contributed by atoms with E-state index in [-0.39, 0.29) is 18.1 Å². The first-order valence-corrected chi connectivity index (χ1v) is 5.66. The van der Waals surface area contributed by atoms with Gasteiger partial charge in [-0.15, -0.1) is 0 Å². The maximum atomic E-state index is 13.7. The molecule has 0 spiro atoms. The van der Waals surface area contributed by atoms with E-state index < -0.39 is 5.41 Å². The summed E-state index contributed by atoms with van der Waals surface area (Å²) in [7, 11) is 0. The molecule has 2 nitrogen and oxygen atoms in total. The van der Waals surface area contributed by atoms with Crippen molar-refractivity contribution in [2.75, 3.05) is 0 Å². The Kier molecular flexibility index (Phi) is 2.77. The van der Waals surface area contributed by atoms with Crippen LogP contribution in [-0.4, -0.2) is 10.4 Å². The molecule has 17 heavy (non-hydrogen) atoms. The second kappa shape index (κ2) is 3.99. The maximum absolute atomic E-state index is 13.7. The number of aromatic nitrogens is 1. The monoisotopic (exact) mass is 233 g/mol. The van der Waals surface area contributed by atoms with Gasteiger partial charge in [0.1, 0.15) is 5.82 Å². The van der Waals surface area contributed by atoms with Crippen LogP contribution in [0.3, 0.4) is 0 Å². The van der Waals surface area contributed by atoms with Crippen LogP contribution in [0.25, 0.3) is 10.9 Å². The third kappa shape index (κ3) is 2.23. The zero-order chi connectivity index (χ0) is 12.6. The highest BCUT2D eigenvalue weighted by molar-refractivity contribution is 5.87. The van der Waals surface area contributed by atoms with Gasteiger partial charge in [-0.05, 0) is 12.1 Å². The van der Waals surface area contributed by atoms with Crippen LogP contribution < -0.4 is 0 Å². The minimum absolute atomic E-state index is 0.0956. The molecule has 0 saturated heterocycles. The summed E-state index contributed by atoms with van der Waals surface area (Å²) >= 11 is 0. The Labute approximate surface area is 100 Å². The first kappa shape index (κ1) is 11.8. The molecule has 0 N–H and O–H groups in total. The largest absolute Gasteiger partial charge is 0.338 e. The van der Waals surface area contributed by atoms with E-state index in [2.05, 4.69) is 0 Å². The molecule has 1 aromatic heterocycles. The molecule has 0 fully saturated rings. The van der Waals surface area contributed by atoms with Crippen LogP contribution in [0.2, 0.25) is 0 Å². The maximum Gasteiger partial charge on any atom is 0.157 e. The van der Waals surface area contributed by atoms with E-state index in [1.54, 1.807) is 16.8 Å². The second-order valence-corrected chi connectivity index (χ2v) is 5.29. The number of hydrogen-bond acceptors (Lipinski definition) is 1. The summed E-state index contributed by atoms with van der Waals surface area (Å²) in [5.41, 5.74) is 0.104. The standard InChI is InChI=1S/C14H16FNO/c1-14(2,3)12(17)9-16-8-7-10-5-4-6-11(15)13(10)16/h4-8H,9H2,1-3H3. The van der Waals surface area contributed by atoms with Gasteiger partial charge < -0.3 is 4.57 Å². The Bertz CT molecular complexity index is 563. The van der Waals surface area contributed by atoms with Crippen molar-refractivity contribution in [2.24, 2.45) is 5.41 Å². The number of hydrogen-bond donors (Lipinski definition) is 0. The fourth-order valence-electron chi connectivity index (χ4n) is 1.74. The normalized spacial score (nSPS) is 12.0. The molecule has 90 valence electrons. The van der Waals surface area contributed by atoms with E-state index in [1.807, 2.05) is 32.9 Å². The summed E-state index contributed by atoms with van der Waals surface area (Å²) in [6.07, 6.45) is 1.76. The van der Waals surface area contributed by atoms with Gasteiger partial charge in [0.05, 0.1) is 12.1 Å². The predicted molar refractivity (Wildman–Crippen MR) is 66.4 cm³/mol. The Morgan fingerprint density at radius 1 is 1.29 bits per heavy atom. The minimum atomic E-state index is -0.401. The molecule has 0 saturated carbocycles. The van der Waals surface area contributed by atoms with Gasteiger partial charge in [-0.2, -0.15) is 0 Å². The fourth-order valence-corrected chi connectivity index (χ4v) is 1.74. The van der Waals surface area contributed by atoms with Crippen LogP contribution in [-0.2, 0) is 11.3 Å². The highest BCUT2D eigenvalue weighted by Gasteiger charge is 2.22. The van der Waals surface area contributed by atoms with Gasteiger partial charge in [0.2, 0.25) is 0 Å². The van der Waals surface area contributed by atoms with E-state index in [1.165, 1.54) is 6.07 Å². The lowest BCUT2D eigenvalue weighted by Crippen LogP contribution is -2.24. The zero-order valence-corrected chi connectivity index (χ0v) is 10.3. The molecule has 0 aliphatic heterocycles. The van der Waals surface area contributed by atoms with Crippen LogP contribution in [0.4, 0.5) is 4.39 Å². The lowest BCUT2D eigenvalue weighted by atomic mass is 9.91. The van der Waals surface area contributed by atoms with Crippen molar-refractivity contribution in [1.82, 2.24) is 4.57 Å². The number of rotatable bonds is 2. The fraction of sp³-hybridized carbons (Fsp3) is 0.357. The number of ketones is 1. The van der Waals surface area contributed by atoms with Crippen molar-refractivity contribution in [3.8, 4) is 0 Å². The van der Waals surface area contributed by atoms with E-state index in [4.69, 9.17) is 0 Å². The Morgan fingerprint density at radius 3 is 2.65 bits per heavy atom. The number of benzene rings is 1. The molecule has 0 aliphatic rings. The summed E-state index contributed by atoms with van der Waals surface area (Å²) in [6.45, 7) is 5.83. The molecule has 2 aromatic rings. The Morgan fingerprint density at radius 2 is 2.00 bits per heavy atom. The molecule has 1 aromatic carbocycles. The second-order valence-electron chi connectivity index (χ2n) is 5.29. The first-order valence-electron chi connectivity index (χ1n) is 5.66. The molecule has 0 unspecified atom stereocenters. The predicted octanol–water partition coefficient (Wildman–Crippen LogP) is 3.40. The van der Waals surface area contributed by atoms with Crippen LogP contribution in [0.1, 0.15) is 20.8 Å². The number of carbonyl (C=O) groups is 1. The molecule has 3 heteroatoms. The SMILES string of the molecule is CC(C)(C)C(=O)Cn1ccc2cccc(F)c21. The van der Waals surface area contributed by atoms with E-state index in [0.717, 1.165) is 5.39 Å². The number of carbonyl (C=O) groups excluding carboxylic acids is 1. The van der Waals surface area contributed by atoms with Crippen LogP contribution in [0, 0.1) is 11.2 Å². The smallest absolute Gasteiger partial charge is 0.157 e. The van der Waals surface area contributed by atoms with Gasteiger partial charge in [0.25, 0.3) is 0 Å². The van der Waals surface area contributed by atoms with E-state index in [0.29, 0.717) is 5.52 Å². The average molecular weight is 233 g/mol.